The SMILES string of the molecule is CC(=O)Nc1ccc(CC(=O)c2cc([N+](=O)[O-])ccc2Cl)c(F)c1. The van der Waals surface area contributed by atoms with Crippen LogP contribution in [0, 0.1) is 15.9 Å². The van der Waals surface area contributed by atoms with Gasteiger partial charge in [0.25, 0.3) is 5.69 Å². The molecule has 0 aromatic heterocycles. The first-order valence-electron chi connectivity index (χ1n) is 6.81. The summed E-state index contributed by atoms with van der Waals surface area (Å²) < 4.78 is 14.0. The molecule has 0 unspecified atom stereocenters. The molecule has 0 spiro atoms. The third kappa shape index (κ3) is 4.14. The van der Waals surface area contributed by atoms with Gasteiger partial charge in [-0.2, -0.15) is 0 Å². The molecule has 6 nitrogen and oxygen atoms in total. The highest BCUT2D eigenvalue weighted by Gasteiger charge is 2.17. The first kappa shape index (κ1) is 17.6. The Morgan fingerprint density at radius 3 is 2.54 bits per heavy atom. The van der Waals surface area contributed by atoms with Gasteiger partial charge in [0, 0.05) is 36.7 Å². The normalized spacial score (nSPS) is 10.3. The van der Waals surface area contributed by atoms with Crippen molar-refractivity contribution in [1.82, 2.24) is 0 Å². The van der Waals surface area contributed by atoms with Gasteiger partial charge in [-0.1, -0.05) is 17.7 Å². The molecule has 0 saturated heterocycles. The van der Waals surface area contributed by atoms with Crippen LogP contribution in [-0.2, 0) is 11.2 Å². The van der Waals surface area contributed by atoms with Crippen LogP contribution in [0.2, 0.25) is 5.02 Å². The molecule has 2 aromatic carbocycles. The number of halogens is 2. The first-order chi connectivity index (χ1) is 11.3. The van der Waals surface area contributed by atoms with E-state index in [1.165, 1.54) is 31.2 Å². The minimum Gasteiger partial charge on any atom is -0.326 e. The number of Topliss-reactive ketones (excluding diaryl/α,β-unsaturated/α-hetero) is 1. The number of rotatable bonds is 5. The number of nitro benzene ring substituents is 1. The van der Waals surface area contributed by atoms with E-state index in [9.17, 15) is 24.1 Å². The summed E-state index contributed by atoms with van der Waals surface area (Å²) in [6, 6.07) is 7.42. The van der Waals surface area contributed by atoms with Crippen molar-refractivity contribution >= 4 is 34.7 Å². The fourth-order valence-electron chi connectivity index (χ4n) is 2.08. The Morgan fingerprint density at radius 1 is 1.25 bits per heavy atom. The van der Waals surface area contributed by atoms with Gasteiger partial charge < -0.3 is 5.32 Å². The molecule has 1 amide bonds. The van der Waals surface area contributed by atoms with Crippen molar-refractivity contribution in [2.24, 2.45) is 0 Å². The maximum atomic E-state index is 14.0. The molecule has 2 rings (SSSR count). The molecule has 124 valence electrons. The number of benzene rings is 2. The van der Waals surface area contributed by atoms with Crippen molar-refractivity contribution in [3.8, 4) is 0 Å². The average Bonchev–Trinajstić information content (AvgIpc) is 2.49. The van der Waals surface area contributed by atoms with Gasteiger partial charge in [0.1, 0.15) is 5.82 Å². The minimum absolute atomic E-state index is 0.0452. The van der Waals surface area contributed by atoms with Gasteiger partial charge in [0.05, 0.1) is 9.95 Å². The van der Waals surface area contributed by atoms with Crippen LogP contribution in [0.25, 0.3) is 0 Å². The Balaban J connectivity index is 2.25. The maximum Gasteiger partial charge on any atom is 0.270 e. The lowest BCUT2D eigenvalue weighted by Crippen LogP contribution is -2.09. The zero-order chi connectivity index (χ0) is 17.9. The second-order valence-electron chi connectivity index (χ2n) is 5.01. The molecule has 0 aliphatic carbocycles. The summed E-state index contributed by atoms with van der Waals surface area (Å²) in [5.41, 5.74) is 0.0432. The van der Waals surface area contributed by atoms with Crippen LogP contribution in [0.4, 0.5) is 15.8 Å². The van der Waals surface area contributed by atoms with Crippen LogP contribution < -0.4 is 5.32 Å². The summed E-state index contributed by atoms with van der Waals surface area (Å²) in [6.07, 6.45) is -0.312. The van der Waals surface area contributed by atoms with E-state index in [0.717, 1.165) is 12.1 Å². The number of nitro groups is 1. The Kier molecular flexibility index (Phi) is 5.25. The molecule has 24 heavy (non-hydrogen) atoms. The summed E-state index contributed by atoms with van der Waals surface area (Å²) in [6.45, 7) is 1.29. The molecule has 0 fully saturated rings. The molecule has 1 N–H and O–H groups in total. The number of carbonyl (C=O) groups excluding carboxylic acids is 2. The molecule has 0 saturated carbocycles. The van der Waals surface area contributed by atoms with Gasteiger partial charge in [-0.15, -0.1) is 0 Å². The highest BCUT2D eigenvalue weighted by Crippen LogP contribution is 2.24. The second-order valence-corrected chi connectivity index (χ2v) is 5.42. The van der Waals surface area contributed by atoms with Crippen LogP contribution in [0.15, 0.2) is 36.4 Å². The topological polar surface area (TPSA) is 89.3 Å². The number of non-ortho nitro benzene ring substituents is 1. The zero-order valence-electron chi connectivity index (χ0n) is 12.5. The number of ketones is 1. The summed E-state index contributed by atoms with van der Waals surface area (Å²) in [5, 5.41) is 13.3. The van der Waals surface area contributed by atoms with Gasteiger partial charge in [0.15, 0.2) is 5.78 Å². The van der Waals surface area contributed by atoms with E-state index in [-0.39, 0.29) is 39.9 Å². The Labute approximate surface area is 141 Å². The van der Waals surface area contributed by atoms with Gasteiger partial charge in [0.2, 0.25) is 5.91 Å². The van der Waals surface area contributed by atoms with Crippen LogP contribution in [-0.4, -0.2) is 16.6 Å². The standard InChI is InChI=1S/C16H12ClFN2O4/c1-9(21)19-11-3-2-10(15(18)7-11)6-16(22)13-8-12(20(23)24)4-5-14(13)17/h2-5,7-8H,6H2,1H3,(H,19,21). The summed E-state index contributed by atoms with van der Waals surface area (Å²) in [5.74, 6) is -1.56. The maximum absolute atomic E-state index is 14.0. The number of nitrogens with zero attached hydrogens (tertiary/aromatic N) is 1. The lowest BCUT2D eigenvalue weighted by molar-refractivity contribution is -0.384. The predicted octanol–water partition coefficient (Wildman–Crippen LogP) is 3.77. The van der Waals surface area contributed by atoms with Crippen molar-refractivity contribution in [2.75, 3.05) is 5.32 Å². The number of amides is 1. The van der Waals surface area contributed by atoms with Gasteiger partial charge >= 0.3 is 0 Å². The molecule has 8 heteroatoms. The monoisotopic (exact) mass is 350 g/mol. The fraction of sp³-hybridized carbons (Fsp3) is 0.125. The van der Waals surface area contributed by atoms with Crippen molar-refractivity contribution in [2.45, 2.75) is 13.3 Å². The van der Waals surface area contributed by atoms with Crippen molar-refractivity contribution in [3.63, 3.8) is 0 Å². The van der Waals surface area contributed by atoms with E-state index in [1.807, 2.05) is 0 Å². The third-order valence-electron chi connectivity index (χ3n) is 3.19. The van der Waals surface area contributed by atoms with Gasteiger partial charge in [-0.25, -0.2) is 4.39 Å². The third-order valence-corrected chi connectivity index (χ3v) is 3.52. The molecule has 2 aromatic rings. The van der Waals surface area contributed by atoms with Gasteiger partial charge in [-0.05, 0) is 23.8 Å². The largest absolute Gasteiger partial charge is 0.326 e. The summed E-state index contributed by atoms with van der Waals surface area (Å²) >= 11 is 5.90. The molecule has 0 radical (unpaired) electrons. The number of nitrogens with one attached hydrogen (secondary N) is 1. The number of hydrogen-bond donors (Lipinski definition) is 1. The number of anilines is 1. The summed E-state index contributed by atoms with van der Waals surface area (Å²) in [4.78, 5) is 33.4. The van der Waals surface area contributed by atoms with E-state index in [0.29, 0.717) is 0 Å². The van der Waals surface area contributed by atoms with Crippen LogP contribution in [0.3, 0.4) is 0 Å². The lowest BCUT2D eigenvalue weighted by atomic mass is 10.0. The van der Waals surface area contributed by atoms with Crippen LogP contribution in [0.5, 0.6) is 0 Å². The zero-order valence-corrected chi connectivity index (χ0v) is 13.3. The van der Waals surface area contributed by atoms with Crippen LogP contribution in [0.1, 0.15) is 22.8 Å². The predicted molar refractivity (Wildman–Crippen MR) is 86.8 cm³/mol. The minimum atomic E-state index is -0.670. The molecule has 0 aliphatic rings. The quantitative estimate of drug-likeness (QED) is 0.505. The van der Waals surface area contributed by atoms with Crippen molar-refractivity contribution < 1.29 is 18.9 Å². The van der Waals surface area contributed by atoms with Gasteiger partial charge in [-0.3, -0.25) is 19.7 Å². The Bertz CT molecular complexity index is 839. The van der Waals surface area contributed by atoms with Crippen LogP contribution >= 0.6 is 11.6 Å². The number of hydrogen-bond acceptors (Lipinski definition) is 4. The Hall–Kier alpha value is -2.80. The first-order valence-corrected chi connectivity index (χ1v) is 7.19. The number of carbonyl (C=O) groups is 2. The highest BCUT2D eigenvalue weighted by atomic mass is 35.5. The molecule has 0 atom stereocenters. The summed E-state index contributed by atoms with van der Waals surface area (Å²) in [7, 11) is 0. The molecule has 0 bridgehead atoms. The Morgan fingerprint density at radius 2 is 1.96 bits per heavy atom. The molecule has 0 heterocycles. The average molecular weight is 351 g/mol. The van der Waals surface area contributed by atoms with E-state index < -0.39 is 16.5 Å². The molecular weight excluding hydrogens is 339 g/mol. The van der Waals surface area contributed by atoms with E-state index >= 15 is 0 Å². The van der Waals surface area contributed by atoms with Crippen molar-refractivity contribution in [1.29, 1.82) is 0 Å². The fourth-order valence-corrected chi connectivity index (χ4v) is 2.30. The van der Waals surface area contributed by atoms with E-state index in [1.54, 1.807) is 0 Å². The molecular formula is C16H12ClFN2O4. The molecule has 0 aliphatic heterocycles. The van der Waals surface area contributed by atoms with E-state index in [2.05, 4.69) is 5.32 Å². The highest BCUT2D eigenvalue weighted by molar-refractivity contribution is 6.34. The lowest BCUT2D eigenvalue weighted by Gasteiger charge is -2.07. The smallest absolute Gasteiger partial charge is 0.270 e. The van der Waals surface area contributed by atoms with E-state index in [4.69, 9.17) is 11.6 Å². The second kappa shape index (κ2) is 7.18. The van der Waals surface area contributed by atoms with Crippen molar-refractivity contribution in [3.05, 3.63) is 68.5 Å².